The molecule has 1 aliphatic heterocycles. The number of aromatic hydroxyl groups is 5. The van der Waals surface area contributed by atoms with Gasteiger partial charge in [-0.15, -0.1) is 0 Å². The van der Waals surface area contributed by atoms with E-state index in [0.29, 0.717) is 29.9 Å². The third-order valence-corrected chi connectivity index (χ3v) is 8.13. The quantitative estimate of drug-likeness (QED) is 0.138. The molecule has 0 aliphatic carbocycles. The minimum atomic E-state index is -0.585. The van der Waals surface area contributed by atoms with Crippen molar-refractivity contribution in [2.24, 2.45) is 11.8 Å². The topological polar surface area (TPSA) is 137 Å². The van der Waals surface area contributed by atoms with E-state index in [4.69, 9.17) is 9.47 Å². The second-order valence-corrected chi connectivity index (χ2v) is 10.9. The molecule has 3 unspecified atom stereocenters. The van der Waals surface area contributed by atoms with Gasteiger partial charge in [-0.1, -0.05) is 44.2 Å². The number of rotatable bonds is 10. The van der Waals surface area contributed by atoms with E-state index in [1.54, 1.807) is 36.4 Å². The van der Waals surface area contributed by atoms with Crippen LogP contribution in [0.25, 0.3) is 0 Å². The number of hydrogen-bond acceptors (Lipinski definition) is 8. The van der Waals surface area contributed by atoms with Crippen molar-refractivity contribution in [1.82, 2.24) is 0 Å². The zero-order valence-electron chi connectivity index (χ0n) is 23.4. The van der Waals surface area contributed by atoms with Crippen molar-refractivity contribution in [2.45, 2.75) is 39.0 Å². The lowest BCUT2D eigenvalue weighted by atomic mass is 9.73. The number of Topliss-reactive ketones (excluding diaryl/α,β-unsaturated/α-hetero) is 1. The summed E-state index contributed by atoms with van der Waals surface area (Å²) in [5, 5.41) is 52.9. The van der Waals surface area contributed by atoms with Crippen LogP contribution in [0.3, 0.4) is 0 Å². The number of carbonyl (C=O) groups is 1. The maximum Gasteiger partial charge on any atom is 0.231 e. The summed E-state index contributed by atoms with van der Waals surface area (Å²) < 4.78 is 10.8. The van der Waals surface area contributed by atoms with E-state index in [1.165, 1.54) is 12.1 Å². The fourth-order valence-corrected chi connectivity index (χ4v) is 5.65. The van der Waals surface area contributed by atoms with Gasteiger partial charge in [-0.3, -0.25) is 4.79 Å². The fourth-order valence-electron chi connectivity index (χ4n) is 5.65. The molecule has 5 N–H and O–H groups in total. The summed E-state index contributed by atoms with van der Waals surface area (Å²) in [6, 6.07) is 20.0. The predicted octanol–water partition coefficient (Wildman–Crippen LogP) is 6.41. The number of ether oxygens (including phenoxy) is 2. The smallest absolute Gasteiger partial charge is 0.231 e. The molecule has 0 aromatic heterocycles. The summed E-state index contributed by atoms with van der Waals surface area (Å²) in [6.45, 7) is 4.19. The lowest BCUT2D eigenvalue weighted by molar-refractivity contribution is 0.0977. The van der Waals surface area contributed by atoms with Crippen LogP contribution in [0.4, 0.5) is 0 Å². The molecule has 0 spiro atoms. The van der Waals surface area contributed by atoms with Crippen molar-refractivity contribution in [3.8, 4) is 40.2 Å². The number of hydrogen-bond donors (Lipinski definition) is 5. The minimum Gasteiger partial charge on any atom is -0.508 e. The van der Waals surface area contributed by atoms with Crippen LogP contribution in [0.5, 0.6) is 40.2 Å². The number of carbonyl (C=O) groups excluding carboxylic acids is 1. The first-order chi connectivity index (χ1) is 20.1. The lowest BCUT2D eigenvalue weighted by Gasteiger charge is -2.31. The van der Waals surface area contributed by atoms with Crippen molar-refractivity contribution in [2.75, 3.05) is 6.79 Å². The molecule has 0 fully saturated rings. The molecular formula is C34H34O8. The van der Waals surface area contributed by atoms with E-state index in [-0.39, 0.29) is 53.4 Å². The second kappa shape index (κ2) is 11.9. The van der Waals surface area contributed by atoms with Gasteiger partial charge in [0.2, 0.25) is 6.79 Å². The molecule has 0 radical (unpaired) electrons. The number of phenols is 5. The number of fused-ring (bicyclic) bond motifs is 1. The summed E-state index contributed by atoms with van der Waals surface area (Å²) in [4.78, 5) is 13.4. The number of phenolic OH excluding ortho intramolecular Hbond substituents is 5. The Bertz CT molecular complexity index is 1580. The van der Waals surface area contributed by atoms with Crippen molar-refractivity contribution >= 4 is 5.78 Å². The van der Waals surface area contributed by atoms with E-state index >= 15 is 0 Å². The van der Waals surface area contributed by atoms with Gasteiger partial charge in [0.1, 0.15) is 34.3 Å². The number of benzene rings is 4. The Balaban J connectivity index is 1.48. The Morgan fingerprint density at radius 1 is 0.762 bits per heavy atom. The Kier molecular flexibility index (Phi) is 8.15. The summed E-state index contributed by atoms with van der Waals surface area (Å²) >= 11 is 0. The molecule has 8 heteroatoms. The fraction of sp³-hybridized carbons (Fsp3) is 0.265. The van der Waals surface area contributed by atoms with Gasteiger partial charge in [0, 0.05) is 24.0 Å². The van der Waals surface area contributed by atoms with Crippen LogP contribution >= 0.6 is 0 Å². The SMILES string of the molecule is CC(Cc1ccc(O)cc1)C(C)C(c1ccc(O)cc1)c1c(O)cc(O)c(C(=O)CCc2ccc3c(c2)OCO3)c1O. The van der Waals surface area contributed by atoms with E-state index in [0.717, 1.165) is 17.2 Å². The van der Waals surface area contributed by atoms with Gasteiger partial charge < -0.3 is 35.0 Å². The summed E-state index contributed by atoms with van der Waals surface area (Å²) in [5.41, 5.74) is 2.45. The predicted molar refractivity (Wildman–Crippen MR) is 157 cm³/mol. The second-order valence-electron chi connectivity index (χ2n) is 10.9. The molecule has 5 rings (SSSR count). The van der Waals surface area contributed by atoms with Gasteiger partial charge in [-0.05, 0) is 77.8 Å². The Morgan fingerprint density at radius 3 is 2.07 bits per heavy atom. The molecule has 0 bridgehead atoms. The molecule has 218 valence electrons. The first-order valence-electron chi connectivity index (χ1n) is 13.9. The minimum absolute atomic E-state index is 0.00165. The third-order valence-electron chi connectivity index (χ3n) is 8.13. The molecule has 0 saturated carbocycles. The Labute approximate surface area is 244 Å². The largest absolute Gasteiger partial charge is 0.508 e. The molecule has 8 nitrogen and oxygen atoms in total. The van der Waals surface area contributed by atoms with Crippen LogP contribution in [-0.4, -0.2) is 38.1 Å². The third kappa shape index (κ3) is 5.93. The van der Waals surface area contributed by atoms with Crippen LogP contribution in [0.2, 0.25) is 0 Å². The van der Waals surface area contributed by atoms with Crippen molar-refractivity contribution in [1.29, 1.82) is 0 Å². The lowest BCUT2D eigenvalue weighted by Crippen LogP contribution is -2.21. The normalized spacial score (nSPS) is 14.3. The molecule has 4 aromatic carbocycles. The maximum absolute atomic E-state index is 13.4. The van der Waals surface area contributed by atoms with Gasteiger partial charge in [0.15, 0.2) is 17.3 Å². The highest BCUT2D eigenvalue weighted by Gasteiger charge is 2.34. The van der Waals surface area contributed by atoms with E-state index in [1.807, 2.05) is 25.1 Å². The van der Waals surface area contributed by atoms with Gasteiger partial charge in [0.05, 0.1) is 0 Å². The van der Waals surface area contributed by atoms with Gasteiger partial charge >= 0.3 is 0 Å². The molecule has 3 atom stereocenters. The van der Waals surface area contributed by atoms with Crippen molar-refractivity contribution in [3.05, 3.63) is 101 Å². The van der Waals surface area contributed by atoms with Crippen LogP contribution in [0.15, 0.2) is 72.8 Å². The average molecular weight is 571 g/mol. The highest BCUT2D eigenvalue weighted by atomic mass is 16.7. The first-order valence-corrected chi connectivity index (χ1v) is 13.9. The molecule has 4 aromatic rings. The van der Waals surface area contributed by atoms with Crippen molar-refractivity contribution in [3.63, 3.8) is 0 Å². The van der Waals surface area contributed by atoms with E-state index in [9.17, 15) is 30.3 Å². The van der Waals surface area contributed by atoms with Gasteiger partial charge in [-0.2, -0.15) is 0 Å². The number of aryl methyl sites for hydroxylation is 1. The van der Waals surface area contributed by atoms with E-state index < -0.39 is 23.2 Å². The molecule has 0 saturated heterocycles. The monoisotopic (exact) mass is 570 g/mol. The summed E-state index contributed by atoms with van der Waals surface area (Å²) in [5.74, 6) is -1.04. The molecule has 1 aliphatic rings. The van der Waals surface area contributed by atoms with E-state index in [2.05, 4.69) is 6.92 Å². The molecule has 0 amide bonds. The Morgan fingerprint density at radius 2 is 1.38 bits per heavy atom. The maximum atomic E-state index is 13.4. The zero-order valence-corrected chi connectivity index (χ0v) is 23.4. The Hall–Kier alpha value is -4.85. The summed E-state index contributed by atoms with van der Waals surface area (Å²) in [6.07, 6.45) is 0.991. The molecule has 1 heterocycles. The zero-order chi connectivity index (χ0) is 30.0. The highest BCUT2D eigenvalue weighted by Crippen LogP contribution is 2.49. The molecule has 42 heavy (non-hydrogen) atoms. The molecular weight excluding hydrogens is 536 g/mol. The van der Waals surface area contributed by atoms with Crippen molar-refractivity contribution < 1.29 is 39.8 Å². The van der Waals surface area contributed by atoms with Gasteiger partial charge in [0.25, 0.3) is 0 Å². The number of ketones is 1. The van der Waals surface area contributed by atoms with Crippen LogP contribution in [0, 0.1) is 11.8 Å². The first kappa shape index (κ1) is 28.7. The standard InChI is InChI=1S/C34H34O8/c1-19(15-21-3-9-24(35)10-4-21)20(2)31(23-7-11-25(36)12-8-23)33-28(39)17-27(38)32(34(33)40)26(37)13-5-22-6-14-29-30(16-22)42-18-41-29/h3-4,6-12,14,16-17,19-20,31,35-36,38-40H,5,13,15,18H2,1-2H3. The average Bonchev–Trinajstić information content (AvgIpc) is 3.43. The van der Waals surface area contributed by atoms with Gasteiger partial charge in [-0.25, -0.2) is 0 Å². The highest BCUT2D eigenvalue weighted by molar-refractivity contribution is 6.02. The van der Waals surface area contributed by atoms with Crippen LogP contribution in [-0.2, 0) is 12.8 Å². The van der Waals surface area contributed by atoms with Crippen LogP contribution < -0.4 is 9.47 Å². The summed E-state index contributed by atoms with van der Waals surface area (Å²) in [7, 11) is 0. The van der Waals surface area contributed by atoms with Crippen LogP contribution in [0.1, 0.15) is 58.8 Å².